The zero-order valence-electron chi connectivity index (χ0n) is 29.0. The number of carbonyl (C=O) groups is 2. The van der Waals surface area contributed by atoms with Gasteiger partial charge in [0, 0.05) is 69.7 Å². The molecule has 282 valence electrons. The first kappa shape index (κ1) is 35.7. The van der Waals surface area contributed by atoms with E-state index in [1.54, 1.807) is 15.7 Å². The molecule has 16 heteroatoms. The Morgan fingerprint density at radius 2 is 1.70 bits per heavy atom. The number of hydrogen-bond donors (Lipinski definition) is 2. The highest BCUT2D eigenvalue weighted by Gasteiger charge is 2.41. The number of alkyl halides is 3. The number of aromatic amines is 1. The minimum atomic E-state index is -4.90. The lowest BCUT2D eigenvalue weighted by atomic mass is 9.83. The van der Waals surface area contributed by atoms with E-state index in [2.05, 4.69) is 19.8 Å². The molecule has 0 spiro atoms. The quantitative estimate of drug-likeness (QED) is 0.286. The number of phenols is 1. The summed E-state index contributed by atoms with van der Waals surface area (Å²) in [6, 6.07) is 9.63. The lowest BCUT2D eigenvalue weighted by Crippen LogP contribution is -2.62. The molecule has 5 saturated heterocycles. The van der Waals surface area contributed by atoms with Gasteiger partial charge >= 0.3 is 18.0 Å². The summed E-state index contributed by atoms with van der Waals surface area (Å²) in [6.07, 6.45) is -2.60. The van der Waals surface area contributed by atoms with Crippen LogP contribution < -0.4 is 5.69 Å². The molecule has 0 radical (unpaired) electrons. The van der Waals surface area contributed by atoms with Crippen molar-refractivity contribution in [3.8, 4) is 5.75 Å². The number of H-pyrrole nitrogens is 1. The molecule has 7 heterocycles. The molecule has 0 aliphatic carbocycles. The fraction of sp³-hybridized carbons (Fsp3) is 0.514. The van der Waals surface area contributed by atoms with Crippen LogP contribution in [0, 0.1) is 5.92 Å². The first-order valence-corrected chi connectivity index (χ1v) is 18.6. The van der Waals surface area contributed by atoms with Gasteiger partial charge in [0.2, 0.25) is 0 Å². The van der Waals surface area contributed by atoms with Crippen molar-refractivity contribution in [1.82, 2.24) is 34.1 Å². The summed E-state index contributed by atoms with van der Waals surface area (Å²) in [6.45, 7) is 5.81. The van der Waals surface area contributed by atoms with Crippen LogP contribution in [0.1, 0.15) is 42.9 Å². The van der Waals surface area contributed by atoms with E-state index in [4.69, 9.17) is 16.3 Å². The van der Waals surface area contributed by atoms with Gasteiger partial charge in [-0.25, -0.2) is 9.59 Å². The van der Waals surface area contributed by atoms with Gasteiger partial charge in [0.25, 0.3) is 5.91 Å². The van der Waals surface area contributed by atoms with Crippen LogP contribution in [-0.4, -0.2) is 122 Å². The minimum Gasteiger partial charge on any atom is -0.506 e. The summed E-state index contributed by atoms with van der Waals surface area (Å²) < 4.78 is 48.9. The molecule has 5 aliphatic rings. The summed E-state index contributed by atoms with van der Waals surface area (Å²) >= 11 is 6.01. The lowest BCUT2D eigenvalue weighted by Gasteiger charge is -2.51. The molecular weight excluding hydrogens is 715 g/mol. The average molecular weight is 756 g/mol. The second-order valence-corrected chi connectivity index (χ2v) is 15.1. The Morgan fingerprint density at radius 1 is 0.981 bits per heavy atom. The molecule has 2 aromatic heterocycles. The van der Waals surface area contributed by atoms with Crippen LogP contribution in [0.3, 0.4) is 0 Å². The number of para-hydroxylation sites is 1. The van der Waals surface area contributed by atoms with E-state index < -0.39 is 40.6 Å². The number of phenolic OH excluding ortho intramolecular Hbond substituents is 1. The zero-order valence-corrected chi connectivity index (χ0v) is 29.8. The van der Waals surface area contributed by atoms with E-state index in [0.717, 1.165) is 42.7 Å². The first-order valence-electron chi connectivity index (χ1n) is 18.2. The number of piperidine rings is 4. The number of aromatic nitrogens is 3. The van der Waals surface area contributed by atoms with Crippen LogP contribution in [0.25, 0.3) is 21.9 Å². The van der Waals surface area contributed by atoms with Gasteiger partial charge in [0.05, 0.1) is 33.3 Å². The number of benzene rings is 2. The Kier molecular flexibility index (Phi) is 9.52. The number of likely N-dealkylation sites (tertiary alicyclic amines) is 1. The van der Waals surface area contributed by atoms with Crippen molar-refractivity contribution in [2.75, 3.05) is 58.9 Å². The van der Waals surface area contributed by atoms with Gasteiger partial charge in [0.15, 0.2) is 6.10 Å². The van der Waals surface area contributed by atoms with Gasteiger partial charge in [-0.15, -0.1) is 0 Å². The van der Waals surface area contributed by atoms with Crippen molar-refractivity contribution in [3.63, 3.8) is 0 Å². The van der Waals surface area contributed by atoms with Crippen molar-refractivity contribution in [3.05, 3.63) is 69.2 Å². The molecule has 2 atom stereocenters. The summed E-state index contributed by atoms with van der Waals surface area (Å²) in [4.78, 5) is 56.4. The molecule has 5 aliphatic heterocycles. The topological polar surface area (TPSA) is 127 Å². The molecular formula is C37H41ClF3N7O5. The number of amides is 2. The highest BCUT2D eigenvalue weighted by molar-refractivity contribution is 6.32. The van der Waals surface area contributed by atoms with Crippen LogP contribution in [0.15, 0.2) is 47.4 Å². The minimum absolute atomic E-state index is 0.00394. The summed E-state index contributed by atoms with van der Waals surface area (Å²) in [7, 11) is 0. The van der Waals surface area contributed by atoms with Gasteiger partial charge in [-0.05, 0) is 68.5 Å². The van der Waals surface area contributed by atoms with Crippen molar-refractivity contribution < 1.29 is 32.6 Å². The molecule has 2 bridgehead atoms. The number of halogens is 4. The van der Waals surface area contributed by atoms with E-state index in [1.165, 1.54) is 17.7 Å². The second-order valence-electron chi connectivity index (χ2n) is 14.7. The van der Waals surface area contributed by atoms with Crippen LogP contribution in [0.4, 0.5) is 18.0 Å². The maximum Gasteiger partial charge on any atom is 0.420 e. The third-order valence-electron chi connectivity index (χ3n) is 11.6. The standard InChI is InChI=1S/C37H41ClF3N7O5/c38-27-18-22(17-26(33(27)49)37(39,40)41)19-31(34(50)46-15-13-45(14-16-46)30-21-44-9-5-23(30)6-10-44)53-36(52)47-11-7-24(8-12-47)48-29-20-42-28-4-2-1-3-25(28)32(29)43-35(48)51/h1-4,17-18,20,23-24,30-31,49H,5-16,19,21H2,(H,43,51)/t30?,31-/m1/s1. The third-order valence-corrected chi connectivity index (χ3v) is 11.9. The van der Waals surface area contributed by atoms with Crippen LogP contribution in [0.2, 0.25) is 5.02 Å². The van der Waals surface area contributed by atoms with Crippen LogP contribution in [0.5, 0.6) is 5.75 Å². The number of pyridine rings is 1. The Balaban J connectivity index is 0.976. The van der Waals surface area contributed by atoms with Gasteiger partial charge in [0.1, 0.15) is 5.75 Å². The largest absolute Gasteiger partial charge is 0.506 e. The number of piperazine rings is 1. The number of aromatic hydroxyl groups is 1. The van der Waals surface area contributed by atoms with Crippen molar-refractivity contribution in [2.45, 2.75) is 56.5 Å². The number of rotatable bonds is 6. The van der Waals surface area contributed by atoms with E-state index in [-0.39, 0.29) is 36.8 Å². The molecule has 53 heavy (non-hydrogen) atoms. The highest BCUT2D eigenvalue weighted by atomic mass is 35.5. The van der Waals surface area contributed by atoms with E-state index >= 15 is 0 Å². The summed E-state index contributed by atoms with van der Waals surface area (Å²) in [5.74, 6) is -0.967. The Bertz CT molecular complexity index is 2080. The van der Waals surface area contributed by atoms with Gasteiger partial charge in [-0.2, -0.15) is 13.2 Å². The number of nitrogens with zero attached hydrogens (tertiary/aromatic N) is 6. The molecule has 2 N–H and O–H groups in total. The van der Waals surface area contributed by atoms with Gasteiger partial charge < -0.3 is 29.5 Å². The fourth-order valence-corrected chi connectivity index (χ4v) is 9.04. The number of ether oxygens (including phenoxy) is 1. The average Bonchev–Trinajstić information content (AvgIpc) is 3.51. The summed E-state index contributed by atoms with van der Waals surface area (Å²) in [5, 5.41) is 10.4. The number of carbonyl (C=O) groups excluding carboxylic acids is 2. The van der Waals surface area contributed by atoms with Crippen molar-refractivity contribution >= 4 is 45.5 Å². The third kappa shape index (κ3) is 6.94. The molecule has 2 aromatic carbocycles. The molecule has 2 amide bonds. The predicted molar refractivity (Wildman–Crippen MR) is 191 cm³/mol. The fourth-order valence-electron chi connectivity index (χ4n) is 8.79. The van der Waals surface area contributed by atoms with Gasteiger partial charge in [-0.1, -0.05) is 29.8 Å². The smallest absolute Gasteiger partial charge is 0.420 e. The molecule has 0 saturated carbocycles. The highest BCUT2D eigenvalue weighted by Crippen LogP contribution is 2.41. The van der Waals surface area contributed by atoms with Crippen molar-refractivity contribution in [1.29, 1.82) is 0 Å². The molecule has 12 nitrogen and oxygen atoms in total. The lowest BCUT2D eigenvalue weighted by molar-refractivity contribution is -0.143. The van der Waals surface area contributed by atoms with Crippen LogP contribution >= 0.6 is 11.6 Å². The number of fused-ring (bicyclic) bond motifs is 6. The van der Waals surface area contributed by atoms with E-state index in [0.29, 0.717) is 62.0 Å². The molecule has 5 fully saturated rings. The normalized spacial score (nSPS) is 23.5. The molecule has 9 rings (SSSR count). The monoisotopic (exact) mass is 755 g/mol. The van der Waals surface area contributed by atoms with Gasteiger partial charge in [-0.3, -0.25) is 19.2 Å². The maximum absolute atomic E-state index is 14.1. The SMILES string of the molecule is O=C(O[C@H](Cc1cc(Cl)c(O)c(C(F)(F)F)c1)C(=O)N1CCN(C2CN3CCC2CC3)CC1)N1CCC(n2c(=O)[nH]c3c4ccccc4ncc32)CC1. The van der Waals surface area contributed by atoms with Crippen molar-refractivity contribution in [2.24, 2.45) is 5.92 Å². The maximum atomic E-state index is 14.1. The Hall–Kier alpha value is -4.34. The number of nitrogens with one attached hydrogen (secondary N) is 1. The number of hydrogen-bond acceptors (Lipinski definition) is 8. The Morgan fingerprint density at radius 3 is 2.38 bits per heavy atom. The van der Waals surface area contributed by atoms with E-state index in [1.807, 2.05) is 24.3 Å². The second kappa shape index (κ2) is 14.1. The molecule has 1 unspecified atom stereocenters. The van der Waals surface area contributed by atoms with Crippen LogP contribution in [-0.2, 0) is 22.1 Å². The predicted octanol–water partition coefficient (Wildman–Crippen LogP) is 4.88. The molecule has 4 aromatic rings. The first-order chi connectivity index (χ1) is 25.4. The zero-order chi connectivity index (χ0) is 37.0. The van der Waals surface area contributed by atoms with E-state index in [9.17, 15) is 32.7 Å². The summed E-state index contributed by atoms with van der Waals surface area (Å²) in [5.41, 5.74) is 0.507. The Labute approximate surface area is 308 Å². The number of imidazole rings is 1.